The molecule has 1 aromatic carbocycles. The number of aromatic amines is 1. The van der Waals surface area contributed by atoms with Crippen molar-refractivity contribution in [1.29, 1.82) is 0 Å². The maximum absolute atomic E-state index is 12.9. The summed E-state index contributed by atoms with van der Waals surface area (Å²) in [5.41, 5.74) is 3.72. The molecule has 0 bridgehead atoms. The van der Waals surface area contributed by atoms with E-state index in [1.165, 1.54) is 5.56 Å². The Morgan fingerprint density at radius 1 is 1.25 bits per heavy atom. The van der Waals surface area contributed by atoms with Crippen molar-refractivity contribution in [1.82, 2.24) is 19.8 Å². The number of fused-ring (bicyclic) bond motifs is 1. The Hall–Kier alpha value is -2.18. The molecular formula is C18H20N4OS. The third kappa shape index (κ3) is 2.72. The molecule has 0 saturated carbocycles. The number of rotatable bonds is 3. The predicted molar refractivity (Wildman–Crippen MR) is 96.3 cm³/mol. The summed E-state index contributed by atoms with van der Waals surface area (Å²) in [6.07, 6.45) is 1.64. The van der Waals surface area contributed by atoms with Crippen molar-refractivity contribution in [3.8, 4) is 0 Å². The van der Waals surface area contributed by atoms with Crippen LogP contribution in [0, 0.1) is 0 Å². The highest BCUT2D eigenvalue weighted by molar-refractivity contribution is 7.07. The summed E-state index contributed by atoms with van der Waals surface area (Å²) in [6.45, 7) is 5.56. The summed E-state index contributed by atoms with van der Waals surface area (Å²) in [5.74, 6) is 0.0792. The quantitative estimate of drug-likeness (QED) is 0.797. The van der Waals surface area contributed by atoms with E-state index in [1.54, 1.807) is 17.7 Å². The van der Waals surface area contributed by atoms with Gasteiger partial charge >= 0.3 is 0 Å². The first-order valence-electron chi connectivity index (χ1n) is 8.21. The first-order chi connectivity index (χ1) is 11.7. The van der Waals surface area contributed by atoms with Crippen LogP contribution in [0.4, 0.5) is 0 Å². The van der Waals surface area contributed by atoms with Crippen molar-refractivity contribution >= 4 is 28.3 Å². The van der Waals surface area contributed by atoms with Gasteiger partial charge in [0.2, 0.25) is 0 Å². The molecule has 124 valence electrons. The van der Waals surface area contributed by atoms with Gasteiger partial charge in [-0.05, 0) is 41.4 Å². The van der Waals surface area contributed by atoms with Gasteiger partial charge < -0.3 is 9.88 Å². The van der Waals surface area contributed by atoms with Crippen LogP contribution in [0.15, 0.2) is 41.4 Å². The maximum atomic E-state index is 12.9. The normalized spacial score (nSPS) is 17.3. The van der Waals surface area contributed by atoms with Gasteiger partial charge in [0.15, 0.2) is 0 Å². The topological polar surface area (TPSA) is 52.2 Å². The Balaban J connectivity index is 1.46. The van der Waals surface area contributed by atoms with Crippen LogP contribution in [0.5, 0.6) is 0 Å². The van der Waals surface area contributed by atoms with Gasteiger partial charge in [0.1, 0.15) is 5.52 Å². The Kier molecular flexibility index (Phi) is 4.08. The minimum atomic E-state index is 0.0792. The predicted octanol–water partition coefficient (Wildman–Crippen LogP) is 3.14. The Morgan fingerprint density at radius 3 is 2.83 bits per heavy atom. The van der Waals surface area contributed by atoms with E-state index in [-0.39, 0.29) is 5.91 Å². The van der Waals surface area contributed by atoms with Crippen molar-refractivity contribution in [3.63, 3.8) is 0 Å². The number of carbonyl (C=O) groups excluding carboxylic acids is 1. The molecule has 1 saturated heterocycles. The number of amides is 1. The number of nitrogens with one attached hydrogen (secondary N) is 1. The van der Waals surface area contributed by atoms with Crippen LogP contribution in [0.3, 0.4) is 0 Å². The summed E-state index contributed by atoms with van der Waals surface area (Å²) >= 11 is 1.74. The molecule has 1 fully saturated rings. The third-order valence-electron chi connectivity index (χ3n) is 4.85. The van der Waals surface area contributed by atoms with Crippen molar-refractivity contribution in [2.45, 2.75) is 13.0 Å². The second kappa shape index (κ2) is 6.37. The van der Waals surface area contributed by atoms with E-state index in [9.17, 15) is 4.79 Å². The Bertz CT molecular complexity index is 834. The summed E-state index contributed by atoms with van der Waals surface area (Å²) in [7, 11) is 0. The van der Waals surface area contributed by atoms with Gasteiger partial charge in [0.25, 0.3) is 5.91 Å². The molecule has 1 N–H and O–H groups in total. The number of hydrogen-bond donors (Lipinski definition) is 1. The number of carbonyl (C=O) groups is 1. The second-order valence-electron chi connectivity index (χ2n) is 6.17. The van der Waals surface area contributed by atoms with Crippen LogP contribution < -0.4 is 0 Å². The molecule has 4 rings (SSSR count). The smallest absolute Gasteiger partial charge is 0.256 e. The Labute approximate surface area is 144 Å². The van der Waals surface area contributed by atoms with Crippen LogP contribution in [-0.2, 0) is 0 Å². The summed E-state index contributed by atoms with van der Waals surface area (Å²) in [5, 5.41) is 4.33. The highest BCUT2D eigenvalue weighted by Gasteiger charge is 2.26. The molecule has 1 atom stereocenters. The molecule has 0 unspecified atom stereocenters. The van der Waals surface area contributed by atoms with Crippen LogP contribution in [0.2, 0.25) is 0 Å². The van der Waals surface area contributed by atoms with Crippen molar-refractivity contribution in [3.05, 3.63) is 52.5 Å². The number of imidazole rings is 1. The fraction of sp³-hybridized carbons (Fsp3) is 0.333. The number of thiophene rings is 1. The molecule has 0 radical (unpaired) electrons. The molecule has 0 aliphatic carbocycles. The van der Waals surface area contributed by atoms with Gasteiger partial charge in [0.05, 0.1) is 17.4 Å². The van der Waals surface area contributed by atoms with Crippen LogP contribution >= 0.6 is 11.3 Å². The average molecular weight is 340 g/mol. The second-order valence-corrected chi connectivity index (χ2v) is 6.95. The molecule has 0 spiro atoms. The molecule has 5 nitrogen and oxygen atoms in total. The molecule has 1 aliphatic heterocycles. The van der Waals surface area contributed by atoms with Crippen LogP contribution in [0.25, 0.3) is 11.0 Å². The Morgan fingerprint density at radius 2 is 2.08 bits per heavy atom. The van der Waals surface area contributed by atoms with Gasteiger partial charge in [-0.3, -0.25) is 9.69 Å². The van der Waals surface area contributed by atoms with E-state index < -0.39 is 0 Å². The minimum absolute atomic E-state index is 0.0792. The molecule has 6 heteroatoms. The number of benzene rings is 1. The lowest BCUT2D eigenvalue weighted by atomic mass is 10.1. The number of hydrogen-bond acceptors (Lipinski definition) is 4. The van der Waals surface area contributed by atoms with Gasteiger partial charge in [0, 0.05) is 32.2 Å². The van der Waals surface area contributed by atoms with Crippen LogP contribution in [-0.4, -0.2) is 51.9 Å². The molecule has 24 heavy (non-hydrogen) atoms. The lowest BCUT2D eigenvalue weighted by Gasteiger charge is -2.38. The van der Waals surface area contributed by atoms with E-state index in [1.807, 2.05) is 23.1 Å². The molecule has 1 aliphatic rings. The molecule has 2 aromatic heterocycles. The van der Waals surface area contributed by atoms with Crippen molar-refractivity contribution in [2.24, 2.45) is 0 Å². The number of aromatic nitrogens is 2. The number of nitrogens with zero attached hydrogens (tertiary/aromatic N) is 3. The van der Waals surface area contributed by atoms with E-state index in [2.05, 4.69) is 38.6 Å². The van der Waals surface area contributed by atoms with Gasteiger partial charge in [-0.2, -0.15) is 11.3 Å². The average Bonchev–Trinajstić information content (AvgIpc) is 3.31. The zero-order valence-electron chi connectivity index (χ0n) is 13.6. The maximum Gasteiger partial charge on any atom is 0.256 e. The number of H-pyrrole nitrogens is 1. The largest absolute Gasteiger partial charge is 0.345 e. The first-order valence-corrected chi connectivity index (χ1v) is 9.16. The summed E-state index contributed by atoms with van der Waals surface area (Å²) in [4.78, 5) is 24.6. The van der Waals surface area contributed by atoms with E-state index in [0.29, 0.717) is 11.6 Å². The van der Waals surface area contributed by atoms with E-state index in [0.717, 1.165) is 37.2 Å². The van der Waals surface area contributed by atoms with E-state index in [4.69, 9.17) is 0 Å². The fourth-order valence-electron chi connectivity index (χ4n) is 3.34. The van der Waals surface area contributed by atoms with Gasteiger partial charge in [-0.1, -0.05) is 6.07 Å². The zero-order chi connectivity index (χ0) is 16.5. The summed E-state index contributed by atoms with van der Waals surface area (Å²) < 4.78 is 0. The van der Waals surface area contributed by atoms with Crippen molar-refractivity contribution < 1.29 is 4.79 Å². The zero-order valence-corrected chi connectivity index (χ0v) is 14.4. The molecular weight excluding hydrogens is 320 g/mol. The highest BCUT2D eigenvalue weighted by Crippen LogP contribution is 2.24. The minimum Gasteiger partial charge on any atom is -0.345 e. The summed E-state index contributed by atoms with van der Waals surface area (Å²) in [6, 6.07) is 8.31. The molecule has 3 heterocycles. The lowest BCUT2D eigenvalue weighted by molar-refractivity contribution is 0.0584. The number of para-hydroxylation sites is 1. The van der Waals surface area contributed by atoms with E-state index >= 15 is 0 Å². The van der Waals surface area contributed by atoms with Gasteiger partial charge in [-0.25, -0.2) is 4.98 Å². The first kappa shape index (κ1) is 15.4. The lowest BCUT2D eigenvalue weighted by Crippen LogP contribution is -2.49. The van der Waals surface area contributed by atoms with Crippen molar-refractivity contribution in [2.75, 3.05) is 26.2 Å². The fourth-order valence-corrected chi connectivity index (χ4v) is 4.09. The highest BCUT2D eigenvalue weighted by atomic mass is 32.1. The van der Waals surface area contributed by atoms with Crippen LogP contribution in [0.1, 0.15) is 28.9 Å². The SMILES string of the molecule is C[C@H](c1ccsc1)N1CCN(C(=O)c2cccc3[nH]cnc23)CC1. The molecule has 1 amide bonds. The third-order valence-corrected chi connectivity index (χ3v) is 5.56. The molecule has 3 aromatic rings. The monoisotopic (exact) mass is 340 g/mol. The number of piperazine rings is 1. The standard InChI is InChI=1S/C18H20N4OS/c1-13(14-5-10-24-11-14)21-6-8-22(9-7-21)18(23)15-3-2-4-16-17(15)20-12-19-16/h2-5,10-13H,6-9H2,1H3,(H,19,20)/t13-/m1/s1. The van der Waals surface area contributed by atoms with Gasteiger partial charge in [-0.15, -0.1) is 0 Å².